The second kappa shape index (κ2) is 78.9. The number of rotatable bonds is 75. The minimum absolute atomic E-state index is 0.139. The van der Waals surface area contributed by atoms with Crippen LogP contribution in [0.15, 0.2) is 146 Å². The summed E-state index contributed by atoms with van der Waals surface area (Å²) in [6, 6.07) is 0. The van der Waals surface area contributed by atoms with E-state index in [0.717, 1.165) is 128 Å². The Hall–Kier alpha value is -4.83. The highest BCUT2D eigenvalue weighted by Crippen LogP contribution is 2.18. The quantitative estimate of drug-likeness (QED) is 0.0195. The minimum Gasteiger partial charge on any atom is -0.545 e. The third-order valence-corrected chi connectivity index (χ3v) is 17.6. The van der Waals surface area contributed by atoms with Crippen molar-refractivity contribution in [2.45, 2.75) is 360 Å². The Kier molecular flexibility index (Phi) is 75.0. The molecule has 0 aromatic heterocycles. The van der Waals surface area contributed by atoms with Crippen molar-refractivity contribution in [3.05, 3.63) is 146 Å². The number of carbonyl (C=O) groups is 3. The van der Waals surface area contributed by atoms with Gasteiger partial charge in [-0.3, -0.25) is 9.59 Å². The van der Waals surface area contributed by atoms with Gasteiger partial charge in [0.1, 0.15) is 13.2 Å². The van der Waals surface area contributed by atoms with Crippen molar-refractivity contribution in [2.75, 3.05) is 47.5 Å². The highest BCUT2D eigenvalue weighted by atomic mass is 16.7. The van der Waals surface area contributed by atoms with E-state index >= 15 is 0 Å². The third-order valence-electron chi connectivity index (χ3n) is 17.6. The molecule has 0 amide bonds. The molecule has 0 aliphatic carbocycles. The number of hydrogen-bond acceptors (Lipinski definition) is 8. The summed E-state index contributed by atoms with van der Waals surface area (Å²) in [5, 5.41) is 11.9. The molecule has 9 heteroatoms. The Morgan fingerprint density at radius 1 is 0.313 bits per heavy atom. The zero-order valence-corrected chi connectivity index (χ0v) is 64.8. The van der Waals surface area contributed by atoms with Crippen molar-refractivity contribution in [3.63, 3.8) is 0 Å². The van der Waals surface area contributed by atoms with Crippen LogP contribution in [0.2, 0.25) is 0 Å². The second-order valence-electron chi connectivity index (χ2n) is 28.3. The molecule has 0 aromatic carbocycles. The van der Waals surface area contributed by atoms with Crippen molar-refractivity contribution in [1.29, 1.82) is 0 Å². The maximum Gasteiger partial charge on any atom is 0.306 e. The lowest BCUT2D eigenvalue weighted by Gasteiger charge is -2.26. The first-order valence-corrected chi connectivity index (χ1v) is 41.0. The number of allylic oxidation sites excluding steroid dienone is 24. The Bertz CT molecular complexity index is 2150. The molecule has 0 aliphatic heterocycles. The van der Waals surface area contributed by atoms with Gasteiger partial charge in [0.2, 0.25) is 0 Å². The molecule has 566 valence electrons. The Labute approximate surface area is 611 Å². The standard InChI is InChI=1S/C90H153NO8/c1-6-8-10-12-14-16-18-20-22-24-26-28-30-32-34-36-38-40-42-44-46-48-50-52-54-56-58-60-62-64-66-68-70-72-74-76-78-80-87(92)97-84-86(85-98-90(89(94)95)96-83-82-91(3,4)5)99-88(93)81-79-77-75-73-71-69-67-65-63-61-59-57-55-53-51-49-47-45-43-41-39-37-35-33-31-29-27-25-23-21-19-17-15-13-11-9-7-2/h9,11,15,17-18,20-21,23-24,26-27,29,33,35,39,41,45,47,51,53,57,59,63,65,86,90H,6-8,10,12-14,16,19,22,25,28,30-32,34,36-38,40,42-44,46,48-50,52,54-56,58,60-62,64,66-85H2,1-5H3/b11-9-,17-15-,20-18-,23-21-,26-24-,29-27-,35-33-,41-39-,47-45-,53-51-,59-57-,65-63-. The molecule has 0 saturated carbocycles. The van der Waals surface area contributed by atoms with Crippen LogP contribution in [0.25, 0.3) is 0 Å². The van der Waals surface area contributed by atoms with Gasteiger partial charge >= 0.3 is 11.9 Å². The van der Waals surface area contributed by atoms with Crippen molar-refractivity contribution in [2.24, 2.45) is 0 Å². The van der Waals surface area contributed by atoms with E-state index in [1.807, 2.05) is 21.1 Å². The molecule has 0 aliphatic rings. The predicted octanol–water partition coefficient (Wildman–Crippen LogP) is 25.3. The largest absolute Gasteiger partial charge is 0.545 e. The molecular formula is C90H153NO8. The summed E-state index contributed by atoms with van der Waals surface area (Å²) in [6.07, 6.45) is 113. The average molecular weight is 1380 g/mol. The number of aliphatic carboxylic acids is 1. The fourth-order valence-corrected chi connectivity index (χ4v) is 11.4. The van der Waals surface area contributed by atoms with Gasteiger partial charge in [-0.2, -0.15) is 0 Å². The Balaban J connectivity index is 4.08. The lowest BCUT2D eigenvalue weighted by molar-refractivity contribution is -0.870. The van der Waals surface area contributed by atoms with Gasteiger partial charge in [0, 0.05) is 12.8 Å². The third kappa shape index (κ3) is 80.4. The van der Waals surface area contributed by atoms with Crippen molar-refractivity contribution < 1.29 is 42.9 Å². The Morgan fingerprint density at radius 2 is 0.576 bits per heavy atom. The molecule has 0 spiro atoms. The maximum absolute atomic E-state index is 13.0. The lowest BCUT2D eigenvalue weighted by Crippen LogP contribution is -2.44. The van der Waals surface area contributed by atoms with E-state index in [-0.39, 0.29) is 38.6 Å². The van der Waals surface area contributed by atoms with Crippen LogP contribution < -0.4 is 5.11 Å². The van der Waals surface area contributed by atoms with Crippen LogP contribution in [-0.2, 0) is 33.3 Å². The number of carboxylic acids is 1. The molecule has 0 N–H and O–H groups in total. The molecule has 0 fully saturated rings. The van der Waals surface area contributed by atoms with Crippen molar-refractivity contribution in [1.82, 2.24) is 0 Å². The molecule has 0 heterocycles. The molecule has 0 radical (unpaired) electrons. The van der Waals surface area contributed by atoms with Gasteiger partial charge in [-0.25, -0.2) is 0 Å². The fraction of sp³-hybridized carbons (Fsp3) is 0.700. The van der Waals surface area contributed by atoms with Gasteiger partial charge in [-0.15, -0.1) is 0 Å². The number of carboxylic acid groups (broad SMARTS) is 1. The molecule has 99 heavy (non-hydrogen) atoms. The molecule has 9 nitrogen and oxygen atoms in total. The number of unbranched alkanes of at least 4 members (excludes halogenated alkanes) is 36. The first kappa shape index (κ1) is 94.2. The molecule has 2 unspecified atom stereocenters. The van der Waals surface area contributed by atoms with Gasteiger partial charge in [0.25, 0.3) is 0 Å². The molecule has 0 rings (SSSR count). The predicted molar refractivity (Wildman–Crippen MR) is 426 cm³/mol. The smallest absolute Gasteiger partial charge is 0.306 e. The van der Waals surface area contributed by atoms with Crippen LogP contribution in [0.5, 0.6) is 0 Å². The first-order chi connectivity index (χ1) is 48.6. The number of nitrogens with zero attached hydrogens (tertiary/aromatic N) is 1. The summed E-state index contributed by atoms with van der Waals surface area (Å²) in [5.41, 5.74) is 0. The van der Waals surface area contributed by atoms with E-state index in [0.29, 0.717) is 17.4 Å². The molecular weight excluding hydrogens is 1220 g/mol. The summed E-state index contributed by atoms with van der Waals surface area (Å²) in [7, 11) is 5.93. The minimum atomic E-state index is -1.63. The van der Waals surface area contributed by atoms with E-state index in [9.17, 15) is 19.5 Å². The highest BCUT2D eigenvalue weighted by Gasteiger charge is 2.22. The van der Waals surface area contributed by atoms with Crippen LogP contribution in [-0.4, -0.2) is 82.3 Å². The first-order valence-electron chi connectivity index (χ1n) is 41.0. The number of hydrogen-bond donors (Lipinski definition) is 0. The van der Waals surface area contributed by atoms with Gasteiger partial charge < -0.3 is 33.3 Å². The van der Waals surface area contributed by atoms with E-state index < -0.39 is 24.3 Å². The number of quaternary nitrogens is 1. The zero-order valence-electron chi connectivity index (χ0n) is 64.8. The topological polar surface area (TPSA) is 111 Å². The fourth-order valence-electron chi connectivity index (χ4n) is 11.4. The summed E-state index contributed by atoms with van der Waals surface area (Å²) < 4.78 is 22.8. The van der Waals surface area contributed by atoms with Gasteiger partial charge in [-0.05, 0) is 122 Å². The van der Waals surface area contributed by atoms with Crippen LogP contribution in [0.3, 0.4) is 0 Å². The van der Waals surface area contributed by atoms with Crippen molar-refractivity contribution >= 4 is 17.9 Å². The van der Waals surface area contributed by atoms with Gasteiger partial charge in [0.15, 0.2) is 12.4 Å². The van der Waals surface area contributed by atoms with Gasteiger partial charge in [0.05, 0.1) is 40.3 Å². The number of ether oxygens (including phenoxy) is 4. The van der Waals surface area contributed by atoms with Crippen LogP contribution >= 0.6 is 0 Å². The van der Waals surface area contributed by atoms with Crippen molar-refractivity contribution in [3.8, 4) is 0 Å². The summed E-state index contributed by atoms with van der Waals surface area (Å²) in [5.74, 6) is -2.30. The lowest BCUT2D eigenvalue weighted by atomic mass is 10.0. The number of likely N-dealkylation sites (N-methyl/N-ethyl adjacent to an activating group) is 1. The molecule has 0 saturated heterocycles. The monoisotopic (exact) mass is 1380 g/mol. The number of carbonyl (C=O) groups excluding carboxylic acids is 3. The van der Waals surface area contributed by atoms with Crippen LogP contribution in [0.4, 0.5) is 0 Å². The van der Waals surface area contributed by atoms with E-state index in [1.54, 1.807) is 0 Å². The maximum atomic E-state index is 13.0. The van der Waals surface area contributed by atoms with E-state index in [1.165, 1.54) is 186 Å². The summed E-state index contributed by atoms with van der Waals surface area (Å²) in [4.78, 5) is 37.6. The highest BCUT2D eigenvalue weighted by molar-refractivity contribution is 5.70. The number of esters is 2. The van der Waals surface area contributed by atoms with E-state index in [2.05, 4.69) is 160 Å². The molecule has 0 aromatic rings. The summed E-state index contributed by atoms with van der Waals surface area (Å²) in [6.45, 7) is 4.63. The average Bonchev–Trinajstić information content (AvgIpc) is 2.19. The van der Waals surface area contributed by atoms with Crippen LogP contribution in [0, 0.1) is 0 Å². The molecule has 0 bridgehead atoms. The zero-order chi connectivity index (χ0) is 71.8. The molecule has 2 atom stereocenters. The van der Waals surface area contributed by atoms with E-state index in [4.69, 9.17) is 18.9 Å². The van der Waals surface area contributed by atoms with Gasteiger partial charge in [-0.1, -0.05) is 359 Å². The summed E-state index contributed by atoms with van der Waals surface area (Å²) >= 11 is 0. The second-order valence-corrected chi connectivity index (χ2v) is 28.3. The van der Waals surface area contributed by atoms with Crippen LogP contribution in [0.1, 0.15) is 348 Å². The SMILES string of the molecule is CC/C=C\C/C=C\C/C=C\C/C=C\C/C=C\C/C=C\C/C=C\C/C=C\C/C=C\C/C=C\CCCCCCCCC(=O)OC(COC(=O)CCCCCCCCCCCCCCCCCCCCCCCCCCC/C=C\C/C=C\CCCCCCC)COC(OCC[N+](C)(C)C)C(=O)[O-]. The normalized spacial score (nSPS) is 13.4. The Morgan fingerprint density at radius 3 is 0.859 bits per heavy atom.